The van der Waals surface area contributed by atoms with E-state index in [1.807, 2.05) is 11.6 Å². The van der Waals surface area contributed by atoms with Crippen molar-refractivity contribution in [1.82, 2.24) is 20.2 Å². The number of rotatable bonds is 3. The van der Waals surface area contributed by atoms with E-state index in [9.17, 15) is 0 Å². The molecule has 0 N–H and O–H groups in total. The summed E-state index contributed by atoms with van der Waals surface area (Å²) in [5, 5.41) is 11.5. The molecule has 1 aliphatic carbocycles. The smallest absolute Gasteiger partial charge is 0.169 e. The van der Waals surface area contributed by atoms with Gasteiger partial charge in [-0.3, -0.25) is 0 Å². The van der Waals surface area contributed by atoms with Crippen LogP contribution >= 0.6 is 11.6 Å². The lowest BCUT2D eigenvalue weighted by Gasteiger charge is -2.19. The van der Waals surface area contributed by atoms with Gasteiger partial charge in [-0.15, -0.1) is 16.7 Å². The quantitative estimate of drug-likeness (QED) is 0.742. The summed E-state index contributed by atoms with van der Waals surface area (Å²) in [5.41, 5.74) is 0. The van der Waals surface area contributed by atoms with Crippen molar-refractivity contribution in [1.29, 1.82) is 0 Å². The minimum Gasteiger partial charge on any atom is -0.379 e. The van der Waals surface area contributed by atoms with Gasteiger partial charge in [0.1, 0.15) is 0 Å². The number of nitrogens with zero attached hydrogens (tertiary/aromatic N) is 4. The average Bonchev–Trinajstić information content (AvgIpc) is 2.85. The Hall–Kier alpha value is -0.680. The van der Waals surface area contributed by atoms with Gasteiger partial charge in [0.2, 0.25) is 0 Å². The number of aromatic nitrogens is 4. The molecule has 1 aromatic rings. The van der Waals surface area contributed by atoms with Crippen molar-refractivity contribution in [3.8, 4) is 0 Å². The molecule has 1 aromatic heterocycles. The number of ether oxygens (including phenoxy) is 1. The van der Waals surface area contributed by atoms with Crippen molar-refractivity contribution < 1.29 is 4.74 Å². The van der Waals surface area contributed by atoms with Crippen molar-refractivity contribution in [2.75, 3.05) is 7.11 Å². The number of alkyl halides is 1. The van der Waals surface area contributed by atoms with Gasteiger partial charge in [-0.2, -0.15) is 0 Å². The molecular formula is C9H15ClN4O. The highest BCUT2D eigenvalue weighted by atomic mass is 35.5. The van der Waals surface area contributed by atoms with Crippen LogP contribution < -0.4 is 0 Å². The zero-order valence-corrected chi connectivity index (χ0v) is 9.68. The molecule has 0 aromatic carbocycles. The van der Waals surface area contributed by atoms with E-state index in [4.69, 9.17) is 16.3 Å². The maximum atomic E-state index is 6.01. The second kappa shape index (κ2) is 4.45. The third-order valence-electron chi connectivity index (χ3n) is 2.91. The van der Waals surface area contributed by atoms with Gasteiger partial charge in [0.05, 0.1) is 17.5 Å². The molecule has 5 nitrogen and oxygen atoms in total. The first kappa shape index (κ1) is 10.8. The molecular weight excluding hydrogens is 216 g/mol. The van der Waals surface area contributed by atoms with Crippen LogP contribution in [0.2, 0.25) is 0 Å². The first-order valence-corrected chi connectivity index (χ1v) is 5.62. The van der Waals surface area contributed by atoms with Gasteiger partial charge in [0.15, 0.2) is 5.82 Å². The van der Waals surface area contributed by atoms with Crippen LogP contribution in [0.1, 0.15) is 43.4 Å². The Morgan fingerprint density at radius 1 is 1.53 bits per heavy atom. The Labute approximate surface area is 93.7 Å². The third-order valence-corrected chi connectivity index (χ3v) is 3.10. The van der Waals surface area contributed by atoms with E-state index in [1.54, 1.807) is 7.11 Å². The molecule has 0 bridgehead atoms. The van der Waals surface area contributed by atoms with Crippen LogP contribution in [0.25, 0.3) is 0 Å². The molecule has 3 atom stereocenters. The van der Waals surface area contributed by atoms with Crippen LogP contribution in [0.3, 0.4) is 0 Å². The molecule has 1 saturated carbocycles. The van der Waals surface area contributed by atoms with Gasteiger partial charge in [0, 0.05) is 7.11 Å². The number of tetrazole rings is 1. The minimum atomic E-state index is -0.168. The maximum absolute atomic E-state index is 6.01. The minimum absolute atomic E-state index is 0.168. The molecule has 0 saturated heterocycles. The van der Waals surface area contributed by atoms with Crippen LogP contribution in [-0.4, -0.2) is 33.4 Å². The van der Waals surface area contributed by atoms with E-state index in [2.05, 4.69) is 15.5 Å². The van der Waals surface area contributed by atoms with Crippen molar-refractivity contribution in [2.45, 2.75) is 43.7 Å². The maximum Gasteiger partial charge on any atom is 0.169 e. The predicted octanol–water partition coefficient (Wildman–Crippen LogP) is 1.71. The number of hydrogen-bond acceptors (Lipinski definition) is 4. The Bertz CT molecular complexity index is 328. The molecule has 1 fully saturated rings. The van der Waals surface area contributed by atoms with Gasteiger partial charge in [-0.25, -0.2) is 4.68 Å². The van der Waals surface area contributed by atoms with E-state index >= 15 is 0 Å². The molecule has 0 spiro atoms. The number of hydrogen-bond donors (Lipinski definition) is 0. The largest absolute Gasteiger partial charge is 0.379 e. The average molecular weight is 231 g/mol. The van der Waals surface area contributed by atoms with Crippen molar-refractivity contribution in [3.63, 3.8) is 0 Å². The highest BCUT2D eigenvalue weighted by Crippen LogP contribution is 2.33. The standard InChI is InChI=1S/C9H15ClN4O/c1-6(10)9-11-12-13-14(9)7-4-3-5-8(7)15-2/h6-8H,3-5H2,1-2H3. The lowest BCUT2D eigenvalue weighted by molar-refractivity contribution is 0.0691. The van der Waals surface area contributed by atoms with Crippen molar-refractivity contribution >= 4 is 11.6 Å². The summed E-state index contributed by atoms with van der Waals surface area (Å²) in [6.45, 7) is 1.88. The number of halogens is 1. The molecule has 0 radical (unpaired) electrons. The number of methoxy groups -OCH3 is 1. The zero-order chi connectivity index (χ0) is 10.8. The van der Waals surface area contributed by atoms with Gasteiger partial charge < -0.3 is 4.74 Å². The summed E-state index contributed by atoms with van der Waals surface area (Å²) in [6, 6.07) is 0.237. The molecule has 15 heavy (non-hydrogen) atoms. The van der Waals surface area contributed by atoms with Crippen LogP contribution in [0.5, 0.6) is 0 Å². The van der Waals surface area contributed by atoms with Gasteiger partial charge in [-0.1, -0.05) is 0 Å². The molecule has 0 amide bonds. The molecule has 1 heterocycles. The van der Waals surface area contributed by atoms with Crippen LogP contribution in [-0.2, 0) is 4.74 Å². The third kappa shape index (κ3) is 1.99. The molecule has 1 aliphatic rings. The SMILES string of the molecule is COC1CCCC1n1nnnc1C(C)Cl. The summed E-state index contributed by atoms with van der Waals surface area (Å²) in [4.78, 5) is 0. The molecule has 84 valence electrons. The predicted molar refractivity (Wildman–Crippen MR) is 55.8 cm³/mol. The first-order valence-electron chi connectivity index (χ1n) is 5.18. The highest BCUT2D eigenvalue weighted by molar-refractivity contribution is 6.20. The lowest BCUT2D eigenvalue weighted by Crippen LogP contribution is -2.23. The summed E-state index contributed by atoms with van der Waals surface area (Å²) in [7, 11) is 1.73. The summed E-state index contributed by atoms with van der Waals surface area (Å²) < 4.78 is 7.24. The normalized spacial score (nSPS) is 28.2. The Morgan fingerprint density at radius 3 is 3.00 bits per heavy atom. The van der Waals surface area contributed by atoms with E-state index in [-0.39, 0.29) is 17.5 Å². The monoisotopic (exact) mass is 230 g/mol. The van der Waals surface area contributed by atoms with E-state index in [1.165, 1.54) is 0 Å². The van der Waals surface area contributed by atoms with Gasteiger partial charge in [-0.05, 0) is 36.6 Å². The molecule has 2 rings (SSSR count). The fourth-order valence-corrected chi connectivity index (χ4v) is 2.30. The van der Waals surface area contributed by atoms with Crippen LogP contribution in [0.4, 0.5) is 0 Å². The van der Waals surface area contributed by atoms with E-state index in [0.29, 0.717) is 0 Å². The van der Waals surface area contributed by atoms with E-state index in [0.717, 1.165) is 25.1 Å². The summed E-state index contributed by atoms with van der Waals surface area (Å²) in [5.74, 6) is 0.727. The van der Waals surface area contributed by atoms with Gasteiger partial charge in [0.25, 0.3) is 0 Å². The second-order valence-corrected chi connectivity index (χ2v) is 4.52. The molecule has 0 aliphatic heterocycles. The topological polar surface area (TPSA) is 52.8 Å². The second-order valence-electron chi connectivity index (χ2n) is 3.87. The van der Waals surface area contributed by atoms with Crippen LogP contribution in [0.15, 0.2) is 0 Å². The van der Waals surface area contributed by atoms with Crippen LogP contribution in [0, 0.1) is 0 Å². The highest BCUT2D eigenvalue weighted by Gasteiger charge is 2.32. The fraction of sp³-hybridized carbons (Fsp3) is 0.889. The summed E-state index contributed by atoms with van der Waals surface area (Å²) >= 11 is 6.01. The molecule has 3 unspecified atom stereocenters. The Kier molecular flexibility index (Phi) is 3.21. The zero-order valence-electron chi connectivity index (χ0n) is 8.93. The van der Waals surface area contributed by atoms with E-state index < -0.39 is 0 Å². The molecule has 6 heteroatoms. The van der Waals surface area contributed by atoms with Crippen molar-refractivity contribution in [2.24, 2.45) is 0 Å². The summed E-state index contributed by atoms with van der Waals surface area (Å²) in [6.07, 6.45) is 3.49. The van der Waals surface area contributed by atoms with Gasteiger partial charge >= 0.3 is 0 Å². The lowest BCUT2D eigenvalue weighted by atomic mass is 10.2. The first-order chi connectivity index (χ1) is 7.24. The fourth-order valence-electron chi connectivity index (χ4n) is 2.16. The Balaban J connectivity index is 2.24. The van der Waals surface area contributed by atoms with Crippen molar-refractivity contribution in [3.05, 3.63) is 5.82 Å². The Morgan fingerprint density at radius 2 is 2.33 bits per heavy atom.